The van der Waals surface area contributed by atoms with Crippen molar-refractivity contribution in [2.24, 2.45) is 11.7 Å². The number of aromatic amines is 1. The summed E-state index contributed by atoms with van der Waals surface area (Å²) in [7, 11) is 0. The number of hydrogen-bond acceptors (Lipinski definition) is 3. The molecular formula is C12H17N3O2. The third-order valence-electron chi connectivity index (χ3n) is 3.27. The van der Waals surface area contributed by atoms with E-state index >= 15 is 0 Å². The van der Waals surface area contributed by atoms with Gasteiger partial charge in [0.1, 0.15) is 0 Å². The molecule has 5 heteroatoms. The molecule has 17 heavy (non-hydrogen) atoms. The van der Waals surface area contributed by atoms with E-state index in [1.807, 2.05) is 4.90 Å². The second-order valence-electron chi connectivity index (χ2n) is 4.41. The summed E-state index contributed by atoms with van der Waals surface area (Å²) in [5.74, 6) is 0.520. The fourth-order valence-corrected chi connectivity index (χ4v) is 2.10. The van der Waals surface area contributed by atoms with Gasteiger partial charge in [0, 0.05) is 25.4 Å². The number of carbonyl (C=O) groups is 1. The molecule has 1 aromatic rings. The van der Waals surface area contributed by atoms with Gasteiger partial charge in [0.25, 0.3) is 5.91 Å². The maximum Gasteiger partial charge on any atom is 0.255 e. The highest BCUT2D eigenvalue weighted by Crippen LogP contribution is 2.17. The fourth-order valence-electron chi connectivity index (χ4n) is 2.10. The van der Waals surface area contributed by atoms with Crippen molar-refractivity contribution in [1.29, 1.82) is 0 Å². The van der Waals surface area contributed by atoms with Crippen LogP contribution in [0.1, 0.15) is 23.2 Å². The van der Waals surface area contributed by atoms with Gasteiger partial charge in [-0.2, -0.15) is 0 Å². The molecule has 0 atom stereocenters. The van der Waals surface area contributed by atoms with E-state index < -0.39 is 0 Å². The zero-order valence-electron chi connectivity index (χ0n) is 9.69. The summed E-state index contributed by atoms with van der Waals surface area (Å²) in [6, 6.07) is 2.94. The number of hydrogen-bond donors (Lipinski definition) is 2. The van der Waals surface area contributed by atoms with Gasteiger partial charge in [-0.05, 0) is 31.4 Å². The number of H-pyrrole nitrogens is 1. The minimum atomic E-state index is -0.191. The maximum atomic E-state index is 12.1. The Balaban J connectivity index is 2.01. The minimum absolute atomic E-state index is 0.0169. The molecule has 1 saturated heterocycles. The van der Waals surface area contributed by atoms with E-state index in [9.17, 15) is 9.59 Å². The Morgan fingerprint density at radius 3 is 2.65 bits per heavy atom. The van der Waals surface area contributed by atoms with E-state index in [1.165, 1.54) is 12.3 Å². The zero-order valence-corrected chi connectivity index (χ0v) is 9.69. The SMILES string of the molecule is NCC1CCN(C(=O)c2ccc(=O)[nH]c2)CC1. The molecule has 5 nitrogen and oxygen atoms in total. The van der Waals surface area contributed by atoms with E-state index in [-0.39, 0.29) is 11.5 Å². The summed E-state index contributed by atoms with van der Waals surface area (Å²) in [6.07, 6.45) is 3.40. The average molecular weight is 235 g/mol. The van der Waals surface area contributed by atoms with Crippen LogP contribution in [0.4, 0.5) is 0 Å². The summed E-state index contributed by atoms with van der Waals surface area (Å²) in [5, 5.41) is 0. The first kappa shape index (κ1) is 11.9. The molecule has 0 unspecified atom stereocenters. The van der Waals surface area contributed by atoms with Crippen molar-refractivity contribution in [3.8, 4) is 0 Å². The number of pyridine rings is 1. The molecule has 0 radical (unpaired) electrons. The summed E-state index contributed by atoms with van der Waals surface area (Å²) in [6.45, 7) is 2.19. The van der Waals surface area contributed by atoms with Crippen molar-refractivity contribution in [3.05, 3.63) is 34.2 Å². The topological polar surface area (TPSA) is 79.2 Å². The molecule has 3 N–H and O–H groups in total. The molecule has 1 aliphatic heterocycles. The van der Waals surface area contributed by atoms with Crippen LogP contribution in [-0.4, -0.2) is 35.4 Å². The van der Waals surface area contributed by atoms with E-state index in [0.717, 1.165) is 25.9 Å². The Bertz CT molecular complexity index is 427. The van der Waals surface area contributed by atoms with Crippen molar-refractivity contribution >= 4 is 5.91 Å². The number of rotatable bonds is 2. The molecule has 2 heterocycles. The molecule has 0 spiro atoms. The Morgan fingerprint density at radius 1 is 1.41 bits per heavy atom. The van der Waals surface area contributed by atoms with Crippen LogP contribution in [-0.2, 0) is 0 Å². The van der Waals surface area contributed by atoms with Gasteiger partial charge in [-0.15, -0.1) is 0 Å². The van der Waals surface area contributed by atoms with Gasteiger partial charge in [0.15, 0.2) is 0 Å². The van der Waals surface area contributed by atoms with Crippen molar-refractivity contribution < 1.29 is 4.79 Å². The van der Waals surface area contributed by atoms with Gasteiger partial charge >= 0.3 is 0 Å². The standard InChI is InChI=1S/C12H17N3O2/c13-7-9-3-5-15(6-4-9)12(17)10-1-2-11(16)14-8-10/h1-2,8-9H,3-7,13H2,(H,14,16). The highest BCUT2D eigenvalue weighted by atomic mass is 16.2. The Kier molecular flexibility index (Phi) is 3.58. The highest BCUT2D eigenvalue weighted by molar-refractivity contribution is 5.93. The average Bonchev–Trinajstić information content (AvgIpc) is 2.39. The lowest BCUT2D eigenvalue weighted by molar-refractivity contribution is 0.0693. The van der Waals surface area contributed by atoms with Crippen LogP contribution in [0.15, 0.2) is 23.1 Å². The molecular weight excluding hydrogens is 218 g/mol. The summed E-state index contributed by atoms with van der Waals surface area (Å²) in [4.78, 5) is 27.3. The van der Waals surface area contributed by atoms with E-state index in [0.29, 0.717) is 18.0 Å². The van der Waals surface area contributed by atoms with Gasteiger partial charge in [0.2, 0.25) is 5.56 Å². The van der Waals surface area contributed by atoms with Gasteiger partial charge in [-0.1, -0.05) is 0 Å². The summed E-state index contributed by atoms with van der Waals surface area (Å²) in [5.41, 5.74) is 5.96. The zero-order chi connectivity index (χ0) is 12.3. The largest absolute Gasteiger partial charge is 0.339 e. The van der Waals surface area contributed by atoms with Crippen LogP contribution in [0.2, 0.25) is 0 Å². The number of nitrogens with two attached hydrogens (primary N) is 1. The lowest BCUT2D eigenvalue weighted by Gasteiger charge is -2.31. The Hall–Kier alpha value is -1.62. The van der Waals surface area contributed by atoms with Crippen molar-refractivity contribution in [2.75, 3.05) is 19.6 Å². The lowest BCUT2D eigenvalue weighted by Crippen LogP contribution is -2.40. The normalized spacial score (nSPS) is 17.1. The maximum absolute atomic E-state index is 12.1. The minimum Gasteiger partial charge on any atom is -0.339 e. The summed E-state index contributed by atoms with van der Waals surface area (Å²) >= 11 is 0. The lowest BCUT2D eigenvalue weighted by atomic mass is 9.97. The molecule has 1 aromatic heterocycles. The van der Waals surface area contributed by atoms with E-state index in [2.05, 4.69) is 4.98 Å². The Labute approximate surface area is 99.6 Å². The van der Waals surface area contributed by atoms with Crippen LogP contribution >= 0.6 is 0 Å². The second kappa shape index (κ2) is 5.14. The van der Waals surface area contributed by atoms with Crippen molar-refractivity contribution in [2.45, 2.75) is 12.8 Å². The quantitative estimate of drug-likeness (QED) is 0.767. The van der Waals surface area contributed by atoms with Crippen LogP contribution in [0, 0.1) is 5.92 Å². The number of nitrogens with zero attached hydrogens (tertiary/aromatic N) is 1. The van der Waals surface area contributed by atoms with Crippen molar-refractivity contribution in [1.82, 2.24) is 9.88 Å². The molecule has 0 aliphatic carbocycles. The number of nitrogens with one attached hydrogen (secondary N) is 1. The smallest absolute Gasteiger partial charge is 0.255 e. The van der Waals surface area contributed by atoms with Crippen molar-refractivity contribution in [3.63, 3.8) is 0 Å². The first-order valence-electron chi connectivity index (χ1n) is 5.89. The monoisotopic (exact) mass is 235 g/mol. The predicted octanol–water partition coefficient (Wildman–Crippen LogP) is 0.186. The first-order chi connectivity index (χ1) is 8.20. The van der Waals surface area contributed by atoms with Crippen LogP contribution in [0.5, 0.6) is 0 Å². The van der Waals surface area contributed by atoms with Gasteiger partial charge in [-0.25, -0.2) is 0 Å². The van der Waals surface area contributed by atoms with E-state index in [4.69, 9.17) is 5.73 Å². The van der Waals surface area contributed by atoms with Gasteiger partial charge < -0.3 is 15.6 Å². The fraction of sp³-hybridized carbons (Fsp3) is 0.500. The molecule has 0 bridgehead atoms. The highest BCUT2D eigenvalue weighted by Gasteiger charge is 2.22. The van der Waals surface area contributed by atoms with Crippen LogP contribution in [0.25, 0.3) is 0 Å². The molecule has 2 rings (SSSR count). The number of carbonyl (C=O) groups excluding carboxylic acids is 1. The molecule has 0 saturated carbocycles. The number of piperidine rings is 1. The third kappa shape index (κ3) is 2.74. The van der Waals surface area contributed by atoms with E-state index in [1.54, 1.807) is 6.07 Å². The van der Waals surface area contributed by atoms with Crippen LogP contribution in [0.3, 0.4) is 0 Å². The molecule has 92 valence electrons. The second-order valence-corrected chi connectivity index (χ2v) is 4.41. The molecule has 1 fully saturated rings. The number of amides is 1. The Morgan fingerprint density at radius 2 is 2.12 bits per heavy atom. The number of aromatic nitrogens is 1. The van der Waals surface area contributed by atoms with Gasteiger partial charge in [0.05, 0.1) is 5.56 Å². The number of likely N-dealkylation sites (tertiary alicyclic amines) is 1. The molecule has 0 aromatic carbocycles. The summed E-state index contributed by atoms with van der Waals surface area (Å²) < 4.78 is 0. The first-order valence-corrected chi connectivity index (χ1v) is 5.89. The third-order valence-corrected chi connectivity index (χ3v) is 3.27. The molecule has 1 amide bonds. The van der Waals surface area contributed by atoms with Gasteiger partial charge in [-0.3, -0.25) is 9.59 Å². The van der Waals surface area contributed by atoms with Crippen LogP contribution < -0.4 is 11.3 Å². The predicted molar refractivity (Wildman–Crippen MR) is 64.7 cm³/mol. The molecule has 1 aliphatic rings.